The molecule has 0 saturated carbocycles. The second kappa shape index (κ2) is 4.02. The maximum Gasteiger partial charge on any atom is 0.137 e. The van der Waals surface area contributed by atoms with Crippen molar-refractivity contribution >= 4 is 6.29 Å². The minimum Gasteiger partial charge on any atom is -0.321 e. The fraction of sp³-hybridized carbons (Fsp3) is 0.300. The lowest BCUT2D eigenvalue weighted by molar-refractivity contribution is -0.108. The van der Waals surface area contributed by atoms with Crippen molar-refractivity contribution in [1.29, 1.82) is 0 Å². The summed E-state index contributed by atoms with van der Waals surface area (Å²) in [7, 11) is 0. The molecule has 0 amide bonds. The minimum absolute atomic E-state index is 0.369. The lowest BCUT2D eigenvalue weighted by atomic mass is 10.0. The molecule has 0 aliphatic rings. The molecule has 0 bridgehead atoms. The topological polar surface area (TPSA) is 43.1 Å². The number of nitrogens with two attached hydrogens (primary N) is 1. The Hall–Kier alpha value is -1.15. The molecule has 64 valence electrons. The van der Waals surface area contributed by atoms with E-state index in [2.05, 4.69) is 0 Å². The second-order valence-corrected chi connectivity index (χ2v) is 2.93. The Kier molecular flexibility index (Phi) is 3.00. The van der Waals surface area contributed by atoms with Crippen LogP contribution in [0.1, 0.15) is 11.1 Å². The van der Waals surface area contributed by atoms with Crippen LogP contribution in [-0.2, 0) is 11.2 Å². The van der Waals surface area contributed by atoms with Crippen LogP contribution in [-0.4, -0.2) is 12.3 Å². The Balaban J connectivity index is 2.75. The van der Waals surface area contributed by atoms with Gasteiger partial charge in [0.15, 0.2) is 0 Å². The van der Waals surface area contributed by atoms with Gasteiger partial charge in [0.25, 0.3) is 0 Å². The molecule has 0 spiro atoms. The SMILES string of the molecule is Cc1ccccc1C[C@H](N)C=O. The molecule has 0 aliphatic heterocycles. The van der Waals surface area contributed by atoms with Crippen LogP contribution in [0.4, 0.5) is 0 Å². The van der Waals surface area contributed by atoms with Crippen molar-refractivity contribution in [3.05, 3.63) is 35.4 Å². The van der Waals surface area contributed by atoms with Crippen molar-refractivity contribution < 1.29 is 4.79 Å². The van der Waals surface area contributed by atoms with E-state index < -0.39 is 0 Å². The highest BCUT2D eigenvalue weighted by atomic mass is 16.1. The summed E-state index contributed by atoms with van der Waals surface area (Å²) >= 11 is 0. The van der Waals surface area contributed by atoms with Gasteiger partial charge in [0, 0.05) is 0 Å². The van der Waals surface area contributed by atoms with E-state index in [0.29, 0.717) is 6.42 Å². The van der Waals surface area contributed by atoms with Gasteiger partial charge in [-0.25, -0.2) is 0 Å². The van der Waals surface area contributed by atoms with Gasteiger partial charge < -0.3 is 10.5 Å². The summed E-state index contributed by atoms with van der Waals surface area (Å²) in [4.78, 5) is 10.3. The van der Waals surface area contributed by atoms with Crippen LogP contribution in [0.15, 0.2) is 24.3 Å². The van der Waals surface area contributed by atoms with Gasteiger partial charge in [0.2, 0.25) is 0 Å². The lowest BCUT2D eigenvalue weighted by Gasteiger charge is -2.06. The van der Waals surface area contributed by atoms with E-state index >= 15 is 0 Å². The zero-order chi connectivity index (χ0) is 8.97. The zero-order valence-corrected chi connectivity index (χ0v) is 7.16. The lowest BCUT2D eigenvalue weighted by Crippen LogP contribution is -2.24. The normalized spacial score (nSPS) is 12.5. The summed E-state index contributed by atoms with van der Waals surface area (Å²) in [5.41, 5.74) is 7.85. The van der Waals surface area contributed by atoms with E-state index in [4.69, 9.17) is 5.73 Å². The Morgan fingerprint density at radius 1 is 1.50 bits per heavy atom. The maximum absolute atomic E-state index is 10.3. The highest BCUT2D eigenvalue weighted by molar-refractivity contribution is 5.58. The van der Waals surface area contributed by atoms with E-state index in [9.17, 15) is 4.79 Å². The third kappa shape index (κ3) is 2.17. The molecule has 0 fully saturated rings. The number of hydrogen-bond donors (Lipinski definition) is 1. The number of carbonyl (C=O) groups is 1. The van der Waals surface area contributed by atoms with Crippen molar-refractivity contribution in [1.82, 2.24) is 0 Å². The predicted molar refractivity (Wildman–Crippen MR) is 48.9 cm³/mol. The van der Waals surface area contributed by atoms with Crippen LogP contribution >= 0.6 is 0 Å². The van der Waals surface area contributed by atoms with Gasteiger partial charge in [-0.2, -0.15) is 0 Å². The third-order valence-corrected chi connectivity index (χ3v) is 1.89. The largest absolute Gasteiger partial charge is 0.321 e. The van der Waals surface area contributed by atoms with Crippen molar-refractivity contribution in [2.45, 2.75) is 19.4 Å². The summed E-state index contributed by atoms with van der Waals surface area (Å²) < 4.78 is 0. The number of carbonyl (C=O) groups excluding carboxylic acids is 1. The van der Waals surface area contributed by atoms with E-state index in [-0.39, 0.29) is 6.04 Å². The Morgan fingerprint density at radius 2 is 2.17 bits per heavy atom. The predicted octanol–water partition coefficient (Wildman–Crippen LogP) is 1.06. The first kappa shape index (κ1) is 8.94. The smallest absolute Gasteiger partial charge is 0.137 e. The van der Waals surface area contributed by atoms with E-state index in [1.807, 2.05) is 31.2 Å². The third-order valence-electron chi connectivity index (χ3n) is 1.89. The minimum atomic E-state index is -0.369. The highest BCUT2D eigenvalue weighted by Gasteiger charge is 2.03. The number of aldehydes is 1. The van der Waals surface area contributed by atoms with Gasteiger partial charge >= 0.3 is 0 Å². The van der Waals surface area contributed by atoms with Gasteiger partial charge in [-0.1, -0.05) is 24.3 Å². The quantitative estimate of drug-likeness (QED) is 0.677. The molecule has 1 rings (SSSR count). The van der Waals surface area contributed by atoms with Crippen molar-refractivity contribution in [3.63, 3.8) is 0 Å². The van der Waals surface area contributed by atoms with Gasteiger partial charge in [-0.3, -0.25) is 0 Å². The molecule has 0 unspecified atom stereocenters. The molecule has 0 aromatic heterocycles. The molecule has 0 aliphatic carbocycles. The molecule has 12 heavy (non-hydrogen) atoms. The summed E-state index contributed by atoms with van der Waals surface area (Å²) in [5.74, 6) is 0. The molecule has 2 nitrogen and oxygen atoms in total. The molecule has 1 aromatic rings. The first-order chi connectivity index (χ1) is 5.74. The van der Waals surface area contributed by atoms with E-state index in [1.165, 1.54) is 5.56 Å². The fourth-order valence-corrected chi connectivity index (χ4v) is 1.14. The van der Waals surface area contributed by atoms with Gasteiger partial charge in [-0.05, 0) is 24.5 Å². The van der Waals surface area contributed by atoms with Crippen LogP contribution in [0.5, 0.6) is 0 Å². The van der Waals surface area contributed by atoms with Crippen molar-refractivity contribution in [2.75, 3.05) is 0 Å². The van der Waals surface area contributed by atoms with Crippen molar-refractivity contribution in [2.24, 2.45) is 5.73 Å². The van der Waals surface area contributed by atoms with Crippen LogP contribution in [0.2, 0.25) is 0 Å². The van der Waals surface area contributed by atoms with Crippen LogP contribution < -0.4 is 5.73 Å². The molecule has 2 heteroatoms. The standard InChI is InChI=1S/C10H13NO/c1-8-4-2-3-5-9(8)6-10(11)7-12/h2-5,7,10H,6,11H2,1H3/t10-/m0/s1. The molecule has 2 N–H and O–H groups in total. The first-order valence-corrected chi connectivity index (χ1v) is 3.99. The van der Waals surface area contributed by atoms with Gasteiger partial charge in [-0.15, -0.1) is 0 Å². The molecule has 0 heterocycles. The Bertz CT molecular complexity index is 270. The summed E-state index contributed by atoms with van der Waals surface area (Å²) in [6.07, 6.45) is 1.42. The van der Waals surface area contributed by atoms with Gasteiger partial charge in [0.05, 0.1) is 6.04 Å². The molecule has 1 aromatic carbocycles. The fourth-order valence-electron chi connectivity index (χ4n) is 1.14. The molecular weight excluding hydrogens is 150 g/mol. The first-order valence-electron chi connectivity index (χ1n) is 3.99. The molecule has 0 saturated heterocycles. The summed E-state index contributed by atoms with van der Waals surface area (Å²) in [5, 5.41) is 0. The maximum atomic E-state index is 10.3. The molecular formula is C10H13NO. The summed E-state index contributed by atoms with van der Waals surface area (Å²) in [6.45, 7) is 2.02. The number of aryl methyl sites for hydroxylation is 1. The average Bonchev–Trinajstić information content (AvgIpc) is 2.09. The van der Waals surface area contributed by atoms with Gasteiger partial charge in [0.1, 0.15) is 6.29 Å². The Morgan fingerprint density at radius 3 is 2.75 bits per heavy atom. The average molecular weight is 163 g/mol. The van der Waals surface area contributed by atoms with E-state index in [1.54, 1.807) is 0 Å². The number of hydrogen-bond acceptors (Lipinski definition) is 2. The van der Waals surface area contributed by atoms with Crippen LogP contribution in [0.3, 0.4) is 0 Å². The summed E-state index contributed by atoms with van der Waals surface area (Å²) in [6, 6.07) is 7.59. The van der Waals surface area contributed by atoms with Crippen molar-refractivity contribution in [3.8, 4) is 0 Å². The van der Waals surface area contributed by atoms with E-state index in [0.717, 1.165) is 11.8 Å². The highest BCUT2D eigenvalue weighted by Crippen LogP contribution is 2.07. The molecule has 1 atom stereocenters. The monoisotopic (exact) mass is 163 g/mol. The molecule has 0 radical (unpaired) electrons. The number of benzene rings is 1. The number of rotatable bonds is 3. The zero-order valence-electron chi connectivity index (χ0n) is 7.16. The van der Waals surface area contributed by atoms with Crippen LogP contribution in [0.25, 0.3) is 0 Å². The second-order valence-electron chi connectivity index (χ2n) is 2.93. The Labute approximate surface area is 72.4 Å². The van der Waals surface area contributed by atoms with Crippen LogP contribution in [0, 0.1) is 6.92 Å².